The van der Waals surface area contributed by atoms with Gasteiger partial charge in [0.2, 0.25) is 5.91 Å². The van der Waals surface area contributed by atoms with Crippen molar-refractivity contribution in [3.05, 3.63) is 35.4 Å². The highest BCUT2D eigenvalue weighted by Crippen LogP contribution is 2.31. The van der Waals surface area contributed by atoms with Crippen LogP contribution in [0.15, 0.2) is 29.3 Å². The molecule has 4 N–H and O–H groups in total. The van der Waals surface area contributed by atoms with E-state index in [4.69, 9.17) is 20.6 Å². The van der Waals surface area contributed by atoms with Gasteiger partial charge in [-0.25, -0.2) is 0 Å². The molecule has 0 radical (unpaired) electrons. The summed E-state index contributed by atoms with van der Waals surface area (Å²) in [5.41, 5.74) is 6.30. The third kappa shape index (κ3) is 6.79. The Hall–Kier alpha value is -2.92. The number of benzene rings is 1. The average Bonchev–Trinajstić information content (AvgIpc) is 3.02. The van der Waals surface area contributed by atoms with Gasteiger partial charge < -0.3 is 25.4 Å². The van der Waals surface area contributed by atoms with Crippen LogP contribution in [0.25, 0.3) is 0 Å². The van der Waals surface area contributed by atoms with Crippen LogP contribution in [0, 0.1) is 5.41 Å². The number of carbonyl (C=O) groups is 3. The highest BCUT2D eigenvalue weighted by atomic mass is 32.2. The maximum atomic E-state index is 12.5. The van der Waals surface area contributed by atoms with E-state index in [1.54, 1.807) is 36.2 Å². The Morgan fingerprint density at radius 2 is 1.87 bits per heavy atom. The molecule has 2 rings (SSSR count). The zero-order valence-corrected chi connectivity index (χ0v) is 18.5. The molecule has 2 amide bonds. The van der Waals surface area contributed by atoms with Gasteiger partial charge in [0.1, 0.15) is 17.7 Å². The van der Waals surface area contributed by atoms with Crippen LogP contribution in [0.2, 0.25) is 0 Å². The minimum Gasteiger partial charge on any atom is -0.463 e. The molecule has 11 heteroatoms. The largest absolute Gasteiger partial charge is 0.463 e. The third-order valence-electron chi connectivity index (χ3n) is 4.66. The number of ether oxygens (including phenoxy) is 2. The molecular formula is C20H27N5O5S. The van der Waals surface area contributed by atoms with E-state index < -0.39 is 17.1 Å². The van der Waals surface area contributed by atoms with Gasteiger partial charge in [-0.1, -0.05) is 23.9 Å². The number of amidine groups is 2. The molecule has 1 aromatic carbocycles. The van der Waals surface area contributed by atoms with Crippen LogP contribution in [-0.4, -0.2) is 78.9 Å². The summed E-state index contributed by atoms with van der Waals surface area (Å²) in [4.78, 5) is 42.5. The van der Waals surface area contributed by atoms with Crippen molar-refractivity contribution in [2.45, 2.75) is 24.6 Å². The van der Waals surface area contributed by atoms with Crippen molar-refractivity contribution in [1.82, 2.24) is 10.2 Å². The van der Waals surface area contributed by atoms with Crippen LogP contribution in [0.3, 0.4) is 0 Å². The summed E-state index contributed by atoms with van der Waals surface area (Å²) >= 11 is 1.20. The highest BCUT2D eigenvalue weighted by Gasteiger charge is 2.39. The van der Waals surface area contributed by atoms with Gasteiger partial charge in [0.05, 0.1) is 13.0 Å². The molecule has 168 valence electrons. The van der Waals surface area contributed by atoms with Gasteiger partial charge in [-0.15, -0.1) is 0 Å². The van der Waals surface area contributed by atoms with E-state index >= 15 is 0 Å². The maximum absolute atomic E-state index is 12.5. The maximum Gasteiger partial charge on any atom is 0.307 e. The van der Waals surface area contributed by atoms with Crippen molar-refractivity contribution >= 4 is 40.5 Å². The predicted octanol–water partition coefficient (Wildman–Crippen LogP) is 0.598. The van der Waals surface area contributed by atoms with Crippen LogP contribution in [0.5, 0.6) is 0 Å². The fourth-order valence-corrected chi connectivity index (χ4v) is 3.96. The number of carbonyl (C=O) groups excluding carboxylic acids is 3. The number of hydrogen-bond donors (Lipinski definition) is 3. The minimum absolute atomic E-state index is 0.0623. The number of nitrogens with zero attached hydrogens (tertiary/aromatic N) is 2. The summed E-state index contributed by atoms with van der Waals surface area (Å²) in [6, 6.07) is 6.09. The van der Waals surface area contributed by atoms with E-state index in [1.165, 1.54) is 18.9 Å². The number of aliphatic imine (C=N–C) groups is 1. The molecule has 0 aromatic heterocycles. The summed E-state index contributed by atoms with van der Waals surface area (Å²) in [6.45, 7) is 2.52. The number of hydrogen-bond acceptors (Lipinski definition) is 7. The molecule has 0 saturated carbocycles. The zero-order chi connectivity index (χ0) is 23.0. The van der Waals surface area contributed by atoms with Crippen LogP contribution >= 0.6 is 11.8 Å². The summed E-state index contributed by atoms with van der Waals surface area (Å²) in [5, 5.41) is 10.1. The Morgan fingerprint density at radius 3 is 2.48 bits per heavy atom. The van der Waals surface area contributed by atoms with E-state index in [2.05, 4.69) is 10.3 Å². The quantitative estimate of drug-likeness (QED) is 0.215. The van der Waals surface area contributed by atoms with Crippen LogP contribution in [0.1, 0.15) is 29.3 Å². The van der Waals surface area contributed by atoms with E-state index in [-0.39, 0.29) is 37.4 Å². The molecule has 0 spiro atoms. The minimum atomic E-state index is -0.471. The Morgan fingerprint density at radius 1 is 1.23 bits per heavy atom. The van der Waals surface area contributed by atoms with Gasteiger partial charge in [-0.05, 0) is 19.1 Å². The lowest BCUT2D eigenvalue weighted by Crippen LogP contribution is -2.41. The molecule has 1 saturated heterocycles. The van der Waals surface area contributed by atoms with Gasteiger partial charge in [0.25, 0.3) is 5.91 Å². The topological polar surface area (TPSA) is 147 Å². The number of methoxy groups -OCH3 is 1. The molecule has 0 bridgehead atoms. The lowest BCUT2D eigenvalue weighted by Gasteiger charge is -2.19. The Kier molecular flexibility index (Phi) is 9.01. The lowest BCUT2D eigenvalue weighted by molar-refractivity contribution is -0.144. The van der Waals surface area contributed by atoms with E-state index in [0.29, 0.717) is 22.9 Å². The first-order chi connectivity index (χ1) is 14.7. The number of amides is 2. The molecule has 1 fully saturated rings. The summed E-state index contributed by atoms with van der Waals surface area (Å²) in [7, 11) is 3.28. The summed E-state index contributed by atoms with van der Waals surface area (Å²) < 4.78 is 9.75. The van der Waals surface area contributed by atoms with E-state index in [1.807, 2.05) is 6.92 Å². The smallest absolute Gasteiger partial charge is 0.307 e. The molecule has 0 aliphatic carbocycles. The Balaban J connectivity index is 1.92. The van der Waals surface area contributed by atoms with Crippen molar-refractivity contribution in [3.8, 4) is 0 Å². The van der Waals surface area contributed by atoms with E-state index in [0.717, 1.165) is 0 Å². The number of nitrogens with one attached hydrogen (secondary N) is 2. The lowest BCUT2D eigenvalue weighted by atomic mass is 10.1. The fraction of sp³-hybridized carbons (Fsp3) is 0.450. The standard InChI is InChI=1S/C20H27N5O5S/c1-12-16(19(28)23-9-8-15(26)30-11-10-29-3)31-20(25(12)2)24-18(27)14-6-4-13(5-7-14)17(21)22/h4-7,12,16H,8-11H2,1-3H3,(H3,21,22)(H,23,28). The highest BCUT2D eigenvalue weighted by molar-refractivity contribution is 8.15. The molecule has 10 nitrogen and oxygen atoms in total. The van der Waals surface area contributed by atoms with Gasteiger partial charge in [0, 0.05) is 37.9 Å². The molecule has 1 aliphatic rings. The van der Waals surface area contributed by atoms with Crippen LogP contribution in [0.4, 0.5) is 0 Å². The number of thioether (sulfide) groups is 1. The van der Waals surface area contributed by atoms with Crippen molar-refractivity contribution in [2.24, 2.45) is 10.7 Å². The summed E-state index contributed by atoms with van der Waals surface area (Å²) in [6.07, 6.45) is 0.0623. The van der Waals surface area contributed by atoms with Crippen molar-refractivity contribution in [2.75, 3.05) is 33.9 Å². The second-order valence-electron chi connectivity index (χ2n) is 6.83. The van der Waals surface area contributed by atoms with Crippen molar-refractivity contribution in [1.29, 1.82) is 5.41 Å². The molecule has 2 atom stereocenters. The second-order valence-corrected chi connectivity index (χ2v) is 7.94. The molecule has 1 aromatic rings. The van der Waals surface area contributed by atoms with Crippen LogP contribution < -0.4 is 11.1 Å². The number of esters is 1. The first-order valence-electron chi connectivity index (χ1n) is 9.63. The Labute approximate surface area is 185 Å². The number of nitrogens with two attached hydrogens (primary N) is 1. The number of rotatable bonds is 9. The predicted molar refractivity (Wildman–Crippen MR) is 118 cm³/mol. The molecule has 1 heterocycles. The van der Waals surface area contributed by atoms with Crippen molar-refractivity contribution < 1.29 is 23.9 Å². The first-order valence-corrected chi connectivity index (χ1v) is 10.5. The van der Waals surface area contributed by atoms with Gasteiger partial charge >= 0.3 is 5.97 Å². The van der Waals surface area contributed by atoms with E-state index in [9.17, 15) is 14.4 Å². The second kappa shape index (κ2) is 11.5. The summed E-state index contributed by atoms with van der Waals surface area (Å²) in [5.74, 6) is -1.18. The SMILES string of the molecule is COCCOC(=O)CCNC(=O)C1SC(=NC(=O)c2ccc(C(=N)N)cc2)N(C)C1C. The fourth-order valence-electron chi connectivity index (χ4n) is 2.69. The zero-order valence-electron chi connectivity index (χ0n) is 17.7. The number of nitrogen functional groups attached to an aromatic ring is 1. The first kappa shape index (κ1) is 24.4. The van der Waals surface area contributed by atoms with Gasteiger partial charge in [-0.3, -0.25) is 19.8 Å². The average molecular weight is 450 g/mol. The molecule has 1 aliphatic heterocycles. The van der Waals surface area contributed by atoms with Crippen LogP contribution in [-0.2, 0) is 19.1 Å². The monoisotopic (exact) mass is 449 g/mol. The third-order valence-corrected chi connectivity index (χ3v) is 6.11. The molecule has 31 heavy (non-hydrogen) atoms. The van der Waals surface area contributed by atoms with Gasteiger partial charge in [-0.2, -0.15) is 4.99 Å². The van der Waals surface area contributed by atoms with Crippen molar-refractivity contribution in [3.63, 3.8) is 0 Å². The normalized spacial score (nSPS) is 19.3. The molecular weight excluding hydrogens is 422 g/mol. The Bertz CT molecular complexity index is 858. The van der Waals surface area contributed by atoms with Gasteiger partial charge in [0.15, 0.2) is 5.17 Å². The molecule has 2 unspecified atom stereocenters.